The van der Waals surface area contributed by atoms with Gasteiger partial charge < -0.3 is 14.6 Å². The molecule has 2 unspecified atom stereocenters. The summed E-state index contributed by atoms with van der Waals surface area (Å²) in [7, 11) is 0. The summed E-state index contributed by atoms with van der Waals surface area (Å²) in [4.78, 5) is 37.6. The molecular weight excluding hydrogens is 693 g/mol. The number of hydrogen-bond donors (Lipinski definition) is 1. The molecular formula is C39H62O6S4. The maximum atomic E-state index is 12.9. The van der Waals surface area contributed by atoms with Gasteiger partial charge in [0.1, 0.15) is 11.5 Å². The van der Waals surface area contributed by atoms with Gasteiger partial charge in [-0.3, -0.25) is 9.59 Å². The summed E-state index contributed by atoms with van der Waals surface area (Å²) in [6, 6.07) is 3.82. The summed E-state index contributed by atoms with van der Waals surface area (Å²) >= 11 is 14.0. The predicted molar refractivity (Wildman–Crippen MR) is 217 cm³/mol. The van der Waals surface area contributed by atoms with Crippen molar-refractivity contribution in [3.05, 3.63) is 23.8 Å². The Bertz CT molecular complexity index is 1050. The Hall–Kier alpha value is -1.49. The van der Waals surface area contributed by atoms with Gasteiger partial charge in [-0.05, 0) is 50.3 Å². The van der Waals surface area contributed by atoms with Gasteiger partial charge in [0.2, 0.25) is 0 Å². The zero-order chi connectivity index (χ0) is 36.3. The molecule has 6 nitrogen and oxygen atoms in total. The van der Waals surface area contributed by atoms with Gasteiger partial charge in [-0.15, -0.1) is 23.5 Å². The summed E-state index contributed by atoms with van der Waals surface area (Å²) in [6.07, 6.45) is 25.2. The Morgan fingerprint density at radius 2 is 0.878 bits per heavy atom. The molecule has 0 saturated heterocycles. The molecule has 0 aromatic heterocycles. The van der Waals surface area contributed by atoms with Crippen LogP contribution < -0.4 is 9.47 Å². The van der Waals surface area contributed by atoms with E-state index in [4.69, 9.17) is 33.9 Å². The van der Waals surface area contributed by atoms with Gasteiger partial charge in [0.05, 0.1) is 25.8 Å². The lowest BCUT2D eigenvalue weighted by Crippen LogP contribution is -2.24. The highest BCUT2D eigenvalue weighted by molar-refractivity contribution is 8.23. The first-order valence-electron chi connectivity index (χ1n) is 18.8. The van der Waals surface area contributed by atoms with Crippen LogP contribution in [-0.2, 0) is 9.59 Å². The van der Waals surface area contributed by atoms with Crippen molar-refractivity contribution in [1.82, 2.24) is 0 Å². The minimum absolute atomic E-state index is 0.0207. The molecule has 49 heavy (non-hydrogen) atoms. The van der Waals surface area contributed by atoms with E-state index in [9.17, 15) is 19.5 Å². The molecule has 0 radical (unpaired) electrons. The molecule has 1 aromatic carbocycles. The molecule has 0 aliphatic heterocycles. The standard InChI is InChI=1S/C39H62O6S4/c1-5-7-9-11-13-15-17-19-21-23-25-48-38(46)30(3)36(42)44-33-27-32(35(40)41)28-34(29-33)45-37(43)31(4)39(47)49-26-24-22-20-18-16-14-12-10-8-6-2/h27-31H,5-26H2,1-4H3,(H,40,41). The highest BCUT2D eigenvalue weighted by atomic mass is 32.2. The Labute approximate surface area is 316 Å². The molecule has 1 N–H and O–H groups in total. The Morgan fingerprint density at radius 3 is 1.18 bits per heavy atom. The van der Waals surface area contributed by atoms with Gasteiger partial charge in [-0.2, -0.15) is 0 Å². The molecule has 0 fully saturated rings. The highest BCUT2D eigenvalue weighted by Gasteiger charge is 2.24. The number of aromatic carboxylic acids is 1. The maximum Gasteiger partial charge on any atom is 0.335 e. The first kappa shape index (κ1) is 45.5. The van der Waals surface area contributed by atoms with Crippen LogP contribution in [-0.4, -0.2) is 42.9 Å². The Morgan fingerprint density at radius 1 is 0.571 bits per heavy atom. The lowest BCUT2D eigenvalue weighted by Gasteiger charge is -2.15. The molecule has 0 heterocycles. The normalized spacial score (nSPS) is 12.3. The third-order valence-corrected chi connectivity index (χ3v) is 12.1. The van der Waals surface area contributed by atoms with Crippen molar-refractivity contribution in [3.63, 3.8) is 0 Å². The van der Waals surface area contributed by atoms with Crippen molar-refractivity contribution in [1.29, 1.82) is 0 Å². The van der Waals surface area contributed by atoms with Crippen molar-refractivity contribution in [3.8, 4) is 11.5 Å². The minimum atomic E-state index is -1.23. The molecule has 0 aliphatic carbocycles. The number of benzene rings is 1. The van der Waals surface area contributed by atoms with E-state index in [-0.39, 0.29) is 17.1 Å². The molecule has 2 atom stereocenters. The summed E-state index contributed by atoms with van der Waals surface area (Å²) in [5.41, 5.74) is -0.163. The molecule has 0 aliphatic rings. The first-order chi connectivity index (χ1) is 23.6. The molecule has 10 heteroatoms. The zero-order valence-electron chi connectivity index (χ0n) is 30.6. The second-order valence-electron chi connectivity index (χ2n) is 13.0. The van der Waals surface area contributed by atoms with Gasteiger partial charge in [0.25, 0.3) is 0 Å². The van der Waals surface area contributed by atoms with Crippen molar-refractivity contribution in [2.24, 2.45) is 11.8 Å². The lowest BCUT2D eigenvalue weighted by molar-refractivity contribution is -0.136. The average Bonchev–Trinajstić information content (AvgIpc) is 3.08. The maximum absolute atomic E-state index is 12.9. The van der Waals surface area contributed by atoms with Crippen LogP contribution in [0.1, 0.15) is 166 Å². The van der Waals surface area contributed by atoms with E-state index < -0.39 is 29.7 Å². The largest absolute Gasteiger partial charge is 0.478 e. The second-order valence-corrected chi connectivity index (χ2v) is 16.7. The first-order valence-corrected chi connectivity index (χ1v) is 21.5. The van der Waals surface area contributed by atoms with Crippen molar-refractivity contribution in [2.75, 3.05) is 11.5 Å². The Kier molecular flexibility index (Phi) is 27.1. The van der Waals surface area contributed by atoms with Gasteiger partial charge in [-0.25, -0.2) is 4.79 Å². The van der Waals surface area contributed by atoms with E-state index in [0.29, 0.717) is 8.39 Å². The number of carbonyl (C=O) groups excluding carboxylic acids is 2. The fraction of sp³-hybridized carbons (Fsp3) is 0.718. The van der Waals surface area contributed by atoms with Crippen LogP contribution in [0.3, 0.4) is 0 Å². The fourth-order valence-corrected chi connectivity index (χ4v) is 7.67. The highest BCUT2D eigenvalue weighted by Crippen LogP contribution is 2.27. The molecule has 1 aromatic rings. The number of unbranched alkanes of at least 4 members (excludes halogenated alkanes) is 18. The third kappa shape index (κ3) is 22.1. The number of carbonyl (C=O) groups is 3. The molecule has 0 bridgehead atoms. The van der Waals surface area contributed by atoms with Crippen LogP contribution in [0, 0.1) is 11.8 Å². The van der Waals surface area contributed by atoms with Gasteiger partial charge in [0, 0.05) is 6.07 Å². The lowest BCUT2D eigenvalue weighted by atomic mass is 10.1. The topological polar surface area (TPSA) is 89.9 Å². The Balaban J connectivity index is 2.47. The SMILES string of the molecule is CCCCCCCCCCCCSC(=S)C(C)C(=O)Oc1cc(OC(=O)C(C)C(=S)SCCCCCCCCCCCC)cc(C(=O)O)c1. The summed E-state index contributed by atoms with van der Waals surface area (Å²) < 4.78 is 12.1. The molecule has 1 rings (SSSR count). The zero-order valence-corrected chi connectivity index (χ0v) is 33.8. The van der Waals surface area contributed by atoms with Crippen molar-refractivity contribution >= 4 is 74.3 Å². The number of ether oxygens (including phenoxy) is 2. The summed E-state index contributed by atoms with van der Waals surface area (Å²) in [5, 5.41) is 9.63. The molecule has 0 spiro atoms. The number of esters is 2. The number of carboxylic acids is 1. The number of thiocarbonyl (C=S) groups is 2. The van der Waals surface area contributed by atoms with Crippen LogP contribution in [0.4, 0.5) is 0 Å². The summed E-state index contributed by atoms with van der Waals surface area (Å²) in [6.45, 7) is 7.85. The van der Waals surface area contributed by atoms with E-state index in [1.54, 1.807) is 13.8 Å². The van der Waals surface area contributed by atoms with Crippen LogP contribution in [0.25, 0.3) is 0 Å². The van der Waals surface area contributed by atoms with Crippen LogP contribution in [0.5, 0.6) is 11.5 Å². The van der Waals surface area contributed by atoms with Crippen molar-refractivity contribution in [2.45, 2.75) is 156 Å². The number of thioether (sulfide) groups is 2. The van der Waals surface area contributed by atoms with Gasteiger partial charge >= 0.3 is 17.9 Å². The van der Waals surface area contributed by atoms with Crippen LogP contribution >= 0.6 is 48.0 Å². The van der Waals surface area contributed by atoms with E-state index in [1.165, 1.54) is 144 Å². The quantitative estimate of drug-likeness (QED) is 0.0369. The smallest absolute Gasteiger partial charge is 0.335 e. The average molecular weight is 755 g/mol. The second kappa shape index (κ2) is 29.1. The summed E-state index contributed by atoms with van der Waals surface area (Å²) in [5.74, 6) is -2.07. The van der Waals surface area contributed by atoms with E-state index in [0.717, 1.165) is 37.2 Å². The van der Waals surface area contributed by atoms with Crippen LogP contribution in [0.2, 0.25) is 0 Å². The van der Waals surface area contributed by atoms with Crippen molar-refractivity contribution < 1.29 is 29.0 Å². The van der Waals surface area contributed by atoms with E-state index in [2.05, 4.69) is 13.8 Å². The van der Waals surface area contributed by atoms with E-state index >= 15 is 0 Å². The third-order valence-electron chi connectivity index (χ3n) is 8.46. The number of rotatable bonds is 29. The van der Waals surface area contributed by atoms with Crippen LogP contribution in [0.15, 0.2) is 18.2 Å². The molecule has 0 saturated carbocycles. The number of hydrogen-bond acceptors (Lipinski definition) is 9. The van der Waals surface area contributed by atoms with Gasteiger partial charge in [0.15, 0.2) is 0 Å². The van der Waals surface area contributed by atoms with E-state index in [1.807, 2.05) is 0 Å². The predicted octanol–water partition coefficient (Wildman–Crippen LogP) is 12.4. The van der Waals surface area contributed by atoms with Gasteiger partial charge in [-0.1, -0.05) is 154 Å². The minimum Gasteiger partial charge on any atom is -0.478 e. The molecule has 0 amide bonds. The monoisotopic (exact) mass is 754 g/mol. The number of carboxylic acid groups (broad SMARTS) is 1. The fourth-order valence-electron chi connectivity index (χ4n) is 5.19. The molecule has 278 valence electrons.